The van der Waals surface area contributed by atoms with Crippen molar-refractivity contribution < 1.29 is 13.2 Å². The SMILES string of the molecule is CCN(CC)C(=O)[C@H](C)NS(=O)(=O)c1ccccc1. The lowest BCUT2D eigenvalue weighted by Gasteiger charge is -2.23. The normalized spacial score (nSPS) is 13.0. The molecule has 0 unspecified atom stereocenters. The lowest BCUT2D eigenvalue weighted by molar-refractivity contribution is -0.132. The molecule has 1 aromatic rings. The van der Waals surface area contributed by atoms with E-state index in [1.54, 1.807) is 30.0 Å². The van der Waals surface area contributed by atoms with Gasteiger partial charge in [0.2, 0.25) is 15.9 Å². The van der Waals surface area contributed by atoms with Crippen LogP contribution in [0.25, 0.3) is 0 Å². The van der Waals surface area contributed by atoms with Crippen LogP contribution in [0.2, 0.25) is 0 Å². The van der Waals surface area contributed by atoms with E-state index in [0.29, 0.717) is 13.1 Å². The van der Waals surface area contributed by atoms with Crippen molar-refractivity contribution in [1.82, 2.24) is 9.62 Å². The molecule has 5 nitrogen and oxygen atoms in total. The first-order valence-electron chi connectivity index (χ1n) is 6.28. The number of nitrogens with one attached hydrogen (secondary N) is 1. The summed E-state index contributed by atoms with van der Waals surface area (Å²) in [5.74, 6) is -0.218. The second kappa shape index (κ2) is 6.68. The summed E-state index contributed by atoms with van der Waals surface area (Å²) in [7, 11) is -3.65. The topological polar surface area (TPSA) is 66.5 Å². The van der Waals surface area contributed by atoms with Crippen LogP contribution in [0.3, 0.4) is 0 Å². The van der Waals surface area contributed by atoms with Crippen LogP contribution in [-0.2, 0) is 14.8 Å². The van der Waals surface area contributed by atoms with E-state index < -0.39 is 16.1 Å². The Morgan fingerprint density at radius 1 is 1.21 bits per heavy atom. The number of hydrogen-bond acceptors (Lipinski definition) is 3. The standard InChI is InChI=1S/C13H20N2O3S/c1-4-15(5-2)13(16)11(3)14-19(17,18)12-9-7-6-8-10-12/h6-11,14H,4-5H2,1-3H3/t11-/m0/s1. The Kier molecular flexibility index (Phi) is 5.50. The highest BCUT2D eigenvalue weighted by Gasteiger charge is 2.24. The smallest absolute Gasteiger partial charge is 0.241 e. The maximum Gasteiger partial charge on any atom is 0.241 e. The molecule has 0 spiro atoms. The summed E-state index contributed by atoms with van der Waals surface area (Å²) in [5.41, 5.74) is 0. The summed E-state index contributed by atoms with van der Waals surface area (Å²) in [6.45, 7) is 6.40. The molecular weight excluding hydrogens is 264 g/mol. The Morgan fingerprint density at radius 2 is 1.74 bits per heavy atom. The van der Waals surface area contributed by atoms with Gasteiger partial charge < -0.3 is 4.90 Å². The molecule has 6 heteroatoms. The number of hydrogen-bond donors (Lipinski definition) is 1. The zero-order chi connectivity index (χ0) is 14.5. The van der Waals surface area contributed by atoms with E-state index in [1.165, 1.54) is 12.1 Å². The van der Waals surface area contributed by atoms with E-state index >= 15 is 0 Å². The van der Waals surface area contributed by atoms with Gasteiger partial charge in [0.15, 0.2) is 0 Å². The van der Waals surface area contributed by atoms with Gasteiger partial charge in [0, 0.05) is 13.1 Å². The second-order valence-electron chi connectivity index (χ2n) is 4.17. The van der Waals surface area contributed by atoms with Gasteiger partial charge in [0.05, 0.1) is 10.9 Å². The third kappa shape index (κ3) is 4.04. The largest absolute Gasteiger partial charge is 0.342 e. The molecule has 0 bridgehead atoms. The van der Waals surface area contributed by atoms with E-state index in [4.69, 9.17) is 0 Å². The minimum Gasteiger partial charge on any atom is -0.342 e. The average Bonchev–Trinajstić information content (AvgIpc) is 2.40. The van der Waals surface area contributed by atoms with E-state index in [2.05, 4.69) is 4.72 Å². The molecule has 0 fully saturated rings. The monoisotopic (exact) mass is 284 g/mol. The van der Waals surface area contributed by atoms with Crippen LogP contribution in [0.5, 0.6) is 0 Å². The third-order valence-electron chi connectivity index (χ3n) is 2.83. The molecule has 1 atom stereocenters. The number of nitrogens with zero attached hydrogens (tertiary/aromatic N) is 1. The van der Waals surface area contributed by atoms with Gasteiger partial charge in [-0.25, -0.2) is 8.42 Å². The lowest BCUT2D eigenvalue weighted by atomic mass is 10.3. The van der Waals surface area contributed by atoms with Crippen LogP contribution in [0.15, 0.2) is 35.2 Å². The van der Waals surface area contributed by atoms with Gasteiger partial charge in [-0.2, -0.15) is 4.72 Å². The number of carbonyl (C=O) groups is 1. The molecule has 1 N–H and O–H groups in total. The molecule has 1 rings (SSSR count). The number of amides is 1. The molecule has 0 aliphatic carbocycles. The van der Waals surface area contributed by atoms with Crippen LogP contribution in [0.1, 0.15) is 20.8 Å². The first kappa shape index (κ1) is 15.7. The van der Waals surface area contributed by atoms with Crippen LogP contribution >= 0.6 is 0 Å². The minimum atomic E-state index is -3.65. The van der Waals surface area contributed by atoms with Crippen molar-refractivity contribution in [2.24, 2.45) is 0 Å². The summed E-state index contributed by atoms with van der Waals surface area (Å²) in [5, 5.41) is 0. The summed E-state index contributed by atoms with van der Waals surface area (Å²) in [4.78, 5) is 13.8. The van der Waals surface area contributed by atoms with Gasteiger partial charge in [-0.3, -0.25) is 4.79 Å². The van der Waals surface area contributed by atoms with Gasteiger partial charge in [-0.1, -0.05) is 18.2 Å². The first-order valence-corrected chi connectivity index (χ1v) is 7.76. The highest BCUT2D eigenvalue weighted by molar-refractivity contribution is 7.89. The zero-order valence-electron chi connectivity index (χ0n) is 11.5. The average molecular weight is 284 g/mol. The van der Waals surface area contributed by atoms with Crippen LogP contribution in [0.4, 0.5) is 0 Å². The molecule has 0 saturated carbocycles. The predicted molar refractivity (Wildman–Crippen MR) is 74.2 cm³/mol. The van der Waals surface area contributed by atoms with E-state index in [9.17, 15) is 13.2 Å². The fraction of sp³-hybridized carbons (Fsp3) is 0.462. The van der Waals surface area contributed by atoms with Crippen molar-refractivity contribution in [2.45, 2.75) is 31.7 Å². The van der Waals surface area contributed by atoms with Crippen molar-refractivity contribution >= 4 is 15.9 Å². The van der Waals surface area contributed by atoms with Gasteiger partial charge >= 0.3 is 0 Å². The van der Waals surface area contributed by atoms with Crippen LogP contribution < -0.4 is 4.72 Å². The number of likely N-dealkylation sites (N-methyl/N-ethyl adjacent to an activating group) is 1. The van der Waals surface area contributed by atoms with E-state index in [1.807, 2.05) is 13.8 Å². The molecule has 0 aliphatic rings. The summed E-state index contributed by atoms with van der Waals surface area (Å²) < 4.78 is 26.5. The number of sulfonamides is 1. The Morgan fingerprint density at radius 3 is 2.21 bits per heavy atom. The predicted octanol–water partition coefficient (Wildman–Crippen LogP) is 1.22. The molecule has 19 heavy (non-hydrogen) atoms. The highest BCUT2D eigenvalue weighted by atomic mass is 32.2. The quantitative estimate of drug-likeness (QED) is 0.854. The van der Waals surface area contributed by atoms with Crippen LogP contribution in [-0.4, -0.2) is 38.4 Å². The lowest BCUT2D eigenvalue weighted by Crippen LogP contribution is -2.46. The van der Waals surface area contributed by atoms with Gasteiger partial charge in [-0.15, -0.1) is 0 Å². The van der Waals surface area contributed by atoms with Crippen molar-refractivity contribution in [1.29, 1.82) is 0 Å². The van der Waals surface area contributed by atoms with Crippen LogP contribution in [0, 0.1) is 0 Å². The Balaban J connectivity index is 2.82. The highest BCUT2D eigenvalue weighted by Crippen LogP contribution is 2.08. The molecule has 0 saturated heterocycles. The fourth-order valence-electron chi connectivity index (χ4n) is 1.76. The Bertz CT molecular complexity index is 510. The number of rotatable bonds is 6. The Hall–Kier alpha value is -1.40. The number of carbonyl (C=O) groups excluding carboxylic acids is 1. The molecule has 0 aliphatic heterocycles. The second-order valence-corrected chi connectivity index (χ2v) is 5.88. The molecule has 1 amide bonds. The molecule has 106 valence electrons. The van der Waals surface area contributed by atoms with E-state index in [-0.39, 0.29) is 10.8 Å². The summed E-state index contributed by atoms with van der Waals surface area (Å²) in [6, 6.07) is 7.25. The zero-order valence-corrected chi connectivity index (χ0v) is 12.3. The van der Waals surface area contributed by atoms with Gasteiger partial charge in [0.1, 0.15) is 0 Å². The van der Waals surface area contributed by atoms with Gasteiger partial charge in [0.25, 0.3) is 0 Å². The summed E-state index contributed by atoms with van der Waals surface area (Å²) in [6.07, 6.45) is 0. The first-order chi connectivity index (χ1) is 8.92. The molecule has 0 heterocycles. The fourth-order valence-corrected chi connectivity index (χ4v) is 2.98. The minimum absolute atomic E-state index is 0.161. The Labute approximate surface area is 114 Å². The van der Waals surface area contributed by atoms with Crippen molar-refractivity contribution in [3.05, 3.63) is 30.3 Å². The van der Waals surface area contributed by atoms with Crippen molar-refractivity contribution in [3.8, 4) is 0 Å². The molecular formula is C13H20N2O3S. The van der Waals surface area contributed by atoms with Crippen molar-refractivity contribution in [3.63, 3.8) is 0 Å². The third-order valence-corrected chi connectivity index (χ3v) is 4.39. The maximum absolute atomic E-state index is 12.1. The molecule has 1 aromatic carbocycles. The molecule has 0 aromatic heterocycles. The molecule has 0 radical (unpaired) electrons. The van der Waals surface area contributed by atoms with Gasteiger partial charge in [-0.05, 0) is 32.9 Å². The van der Waals surface area contributed by atoms with E-state index in [0.717, 1.165) is 0 Å². The maximum atomic E-state index is 12.1. The number of benzene rings is 1. The summed E-state index contributed by atoms with van der Waals surface area (Å²) >= 11 is 0. The van der Waals surface area contributed by atoms with Crippen molar-refractivity contribution in [2.75, 3.05) is 13.1 Å².